The number of rotatable bonds is 3. The van der Waals surface area contributed by atoms with Crippen LogP contribution in [0.2, 0.25) is 0 Å². The van der Waals surface area contributed by atoms with Gasteiger partial charge >= 0.3 is 0 Å². The Labute approximate surface area is 135 Å². The van der Waals surface area contributed by atoms with E-state index in [0.29, 0.717) is 43.6 Å². The first-order chi connectivity index (χ1) is 11.1. The first-order valence-corrected chi connectivity index (χ1v) is 8.12. The second-order valence-electron chi connectivity index (χ2n) is 6.32. The molecule has 7 heteroatoms. The van der Waals surface area contributed by atoms with E-state index in [1.165, 1.54) is 0 Å². The highest BCUT2D eigenvalue weighted by molar-refractivity contribution is 5.71. The number of hydrogen-bond acceptors (Lipinski definition) is 5. The predicted molar refractivity (Wildman–Crippen MR) is 86.7 cm³/mol. The van der Waals surface area contributed by atoms with Crippen LogP contribution in [0, 0.1) is 21.8 Å². The number of ether oxygens (including phenoxy) is 1. The molecule has 0 aliphatic carbocycles. The molecular formula is C16H22FN3O3. The van der Waals surface area contributed by atoms with Gasteiger partial charge in [-0.3, -0.25) is 10.1 Å². The second kappa shape index (κ2) is 6.70. The van der Waals surface area contributed by atoms with Crippen LogP contribution in [-0.4, -0.2) is 44.3 Å². The maximum Gasteiger partial charge on any atom is 0.295 e. The lowest BCUT2D eigenvalue weighted by Gasteiger charge is -2.34. The molecular weight excluding hydrogens is 301 g/mol. The van der Waals surface area contributed by atoms with Gasteiger partial charge in [0, 0.05) is 26.2 Å². The SMILES string of the molecule is CC1CCN(c2cc(N3CCOCC3)c(F)cc2[N+](=O)[O-])CC1. The van der Waals surface area contributed by atoms with Crippen LogP contribution >= 0.6 is 0 Å². The first kappa shape index (κ1) is 16.0. The molecule has 6 nitrogen and oxygen atoms in total. The fourth-order valence-electron chi connectivity index (χ4n) is 3.24. The van der Waals surface area contributed by atoms with E-state index < -0.39 is 10.7 Å². The first-order valence-electron chi connectivity index (χ1n) is 8.12. The lowest BCUT2D eigenvalue weighted by Crippen LogP contribution is -2.37. The third-order valence-electron chi connectivity index (χ3n) is 4.72. The summed E-state index contributed by atoms with van der Waals surface area (Å²) in [5.41, 5.74) is 0.825. The summed E-state index contributed by atoms with van der Waals surface area (Å²) < 4.78 is 19.7. The summed E-state index contributed by atoms with van der Waals surface area (Å²) in [4.78, 5) is 14.8. The molecule has 0 spiro atoms. The van der Waals surface area contributed by atoms with E-state index >= 15 is 0 Å². The molecule has 2 heterocycles. The summed E-state index contributed by atoms with van der Waals surface area (Å²) in [6.45, 7) is 6.04. The molecule has 2 aliphatic heterocycles. The smallest absolute Gasteiger partial charge is 0.295 e. The van der Waals surface area contributed by atoms with Crippen LogP contribution < -0.4 is 9.80 Å². The largest absolute Gasteiger partial charge is 0.378 e. The number of nitro groups is 1. The lowest BCUT2D eigenvalue weighted by atomic mass is 9.98. The van der Waals surface area contributed by atoms with E-state index in [0.717, 1.165) is 32.0 Å². The summed E-state index contributed by atoms with van der Waals surface area (Å²) in [6.07, 6.45) is 2.00. The topological polar surface area (TPSA) is 58.8 Å². The third kappa shape index (κ3) is 3.39. The van der Waals surface area contributed by atoms with Crippen LogP contribution in [0.25, 0.3) is 0 Å². The van der Waals surface area contributed by atoms with Gasteiger partial charge in [0.1, 0.15) is 5.69 Å². The molecule has 0 saturated carbocycles. The number of halogens is 1. The number of morpholine rings is 1. The van der Waals surface area contributed by atoms with Crippen molar-refractivity contribution in [1.29, 1.82) is 0 Å². The Morgan fingerprint density at radius 1 is 1.13 bits per heavy atom. The summed E-state index contributed by atoms with van der Waals surface area (Å²) in [6, 6.07) is 2.72. The van der Waals surface area contributed by atoms with Gasteiger partial charge < -0.3 is 14.5 Å². The van der Waals surface area contributed by atoms with E-state index in [9.17, 15) is 14.5 Å². The van der Waals surface area contributed by atoms with Crippen LogP contribution in [0.5, 0.6) is 0 Å². The average Bonchev–Trinajstić information content (AvgIpc) is 2.56. The van der Waals surface area contributed by atoms with Crippen molar-refractivity contribution in [2.45, 2.75) is 19.8 Å². The van der Waals surface area contributed by atoms with Gasteiger partial charge in [-0.1, -0.05) is 6.92 Å². The summed E-state index contributed by atoms with van der Waals surface area (Å²) in [5.74, 6) is 0.0946. The van der Waals surface area contributed by atoms with Gasteiger partial charge in [0.25, 0.3) is 5.69 Å². The highest BCUT2D eigenvalue weighted by Gasteiger charge is 2.27. The molecule has 0 aromatic heterocycles. The van der Waals surface area contributed by atoms with Gasteiger partial charge in [-0.15, -0.1) is 0 Å². The molecule has 1 aromatic carbocycles. The molecule has 0 radical (unpaired) electrons. The van der Waals surface area contributed by atoms with Crippen molar-refractivity contribution in [3.63, 3.8) is 0 Å². The molecule has 2 saturated heterocycles. The lowest BCUT2D eigenvalue weighted by molar-refractivity contribution is -0.384. The van der Waals surface area contributed by atoms with Gasteiger partial charge in [-0.2, -0.15) is 0 Å². The Hall–Kier alpha value is -1.89. The Morgan fingerprint density at radius 3 is 2.35 bits per heavy atom. The zero-order valence-electron chi connectivity index (χ0n) is 13.3. The Bertz CT molecular complexity index is 582. The van der Waals surface area contributed by atoms with Crippen molar-refractivity contribution in [2.75, 3.05) is 49.2 Å². The van der Waals surface area contributed by atoms with Crippen molar-refractivity contribution in [3.05, 3.63) is 28.1 Å². The van der Waals surface area contributed by atoms with E-state index in [-0.39, 0.29) is 5.69 Å². The van der Waals surface area contributed by atoms with Gasteiger partial charge in [0.15, 0.2) is 5.82 Å². The quantitative estimate of drug-likeness (QED) is 0.632. The molecule has 2 aliphatic rings. The zero-order valence-corrected chi connectivity index (χ0v) is 13.3. The maximum absolute atomic E-state index is 14.4. The van der Waals surface area contributed by atoms with Crippen LogP contribution in [0.4, 0.5) is 21.5 Å². The van der Waals surface area contributed by atoms with Gasteiger partial charge in [0.05, 0.1) is 29.9 Å². The molecule has 0 bridgehead atoms. The number of nitrogens with zero attached hydrogens (tertiary/aromatic N) is 3. The average molecular weight is 323 g/mol. The summed E-state index contributed by atoms with van der Waals surface area (Å²) in [7, 11) is 0. The fraction of sp³-hybridized carbons (Fsp3) is 0.625. The van der Waals surface area contributed by atoms with Crippen molar-refractivity contribution < 1.29 is 14.1 Å². The van der Waals surface area contributed by atoms with Crippen molar-refractivity contribution in [1.82, 2.24) is 0 Å². The minimum Gasteiger partial charge on any atom is -0.378 e. The second-order valence-corrected chi connectivity index (χ2v) is 6.32. The standard InChI is InChI=1S/C16H22FN3O3/c1-12-2-4-18(5-3-12)15-11-14(19-6-8-23-9-7-19)13(17)10-16(15)20(21)22/h10-12H,2-9H2,1H3. The predicted octanol–water partition coefficient (Wildman–Crippen LogP) is 2.81. The van der Waals surface area contributed by atoms with Crippen LogP contribution in [0.3, 0.4) is 0 Å². The van der Waals surface area contributed by atoms with Gasteiger partial charge in [-0.05, 0) is 24.8 Å². The van der Waals surface area contributed by atoms with Crippen LogP contribution in [0.15, 0.2) is 12.1 Å². The molecule has 23 heavy (non-hydrogen) atoms. The zero-order chi connectivity index (χ0) is 16.4. The highest BCUT2D eigenvalue weighted by Crippen LogP contribution is 2.37. The Balaban J connectivity index is 1.96. The normalized spacial score (nSPS) is 19.9. The molecule has 0 unspecified atom stereocenters. The number of benzene rings is 1. The fourth-order valence-corrected chi connectivity index (χ4v) is 3.24. The number of nitro benzene ring substituents is 1. The molecule has 0 atom stereocenters. The summed E-state index contributed by atoms with van der Waals surface area (Å²) >= 11 is 0. The molecule has 0 N–H and O–H groups in total. The van der Waals surface area contributed by atoms with Crippen molar-refractivity contribution in [2.24, 2.45) is 5.92 Å². The van der Waals surface area contributed by atoms with E-state index in [2.05, 4.69) is 6.92 Å². The number of hydrogen-bond donors (Lipinski definition) is 0. The van der Waals surface area contributed by atoms with Gasteiger partial charge in [0.2, 0.25) is 0 Å². The Kier molecular flexibility index (Phi) is 4.66. The Morgan fingerprint density at radius 2 is 1.74 bits per heavy atom. The molecule has 126 valence electrons. The molecule has 0 amide bonds. The van der Waals surface area contributed by atoms with Crippen LogP contribution in [-0.2, 0) is 4.74 Å². The maximum atomic E-state index is 14.4. The number of piperidine rings is 1. The third-order valence-corrected chi connectivity index (χ3v) is 4.72. The minimum absolute atomic E-state index is 0.144. The van der Waals surface area contributed by atoms with E-state index in [1.807, 2.05) is 9.80 Å². The van der Waals surface area contributed by atoms with Gasteiger partial charge in [-0.25, -0.2) is 4.39 Å². The van der Waals surface area contributed by atoms with Crippen molar-refractivity contribution >= 4 is 17.1 Å². The van der Waals surface area contributed by atoms with Crippen molar-refractivity contribution in [3.8, 4) is 0 Å². The minimum atomic E-state index is -0.535. The van der Waals surface area contributed by atoms with Crippen LogP contribution in [0.1, 0.15) is 19.8 Å². The molecule has 3 rings (SSSR count). The summed E-state index contributed by atoms with van der Waals surface area (Å²) in [5, 5.41) is 11.3. The molecule has 1 aromatic rings. The molecule has 2 fully saturated rings. The monoisotopic (exact) mass is 323 g/mol. The van der Waals surface area contributed by atoms with E-state index in [4.69, 9.17) is 4.74 Å². The van der Waals surface area contributed by atoms with E-state index in [1.54, 1.807) is 6.07 Å². The highest BCUT2D eigenvalue weighted by atomic mass is 19.1. The number of anilines is 2.